The molecule has 0 unspecified atom stereocenters. The fraction of sp³-hybridized carbons (Fsp3) is 0.231. The van der Waals surface area contributed by atoms with Crippen LogP contribution in [-0.2, 0) is 0 Å². The van der Waals surface area contributed by atoms with Crippen molar-refractivity contribution in [2.24, 2.45) is 0 Å². The number of nitro groups is 1. The van der Waals surface area contributed by atoms with Crippen LogP contribution in [0.2, 0.25) is 0 Å². The highest BCUT2D eigenvalue weighted by Gasteiger charge is 2.14. The van der Waals surface area contributed by atoms with Gasteiger partial charge in [0.2, 0.25) is 11.8 Å². The molecule has 0 bridgehead atoms. The summed E-state index contributed by atoms with van der Waals surface area (Å²) in [5.74, 6) is 1.27. The average molecular weight is 290 g/mol. The van der Waals surface area contributed by atoms with E-state index in [9.17, 15) is 10.1 Å². The van der Waals surface area contributed by atoms with Crippen molar-refractivity contribution in [1.29, 1.82) is 0 Å². The number of nitro benzene ring substituents is 1. The van der Waals surface area contributed by atoms with Crippen molar-refractivity contribution < 1.29 is 14.4 Å². The molecule has 0 amide bonds. The van der Waals surface area contributed by atoms with Crippen molar-refractivity contribution in [2.45, 2.75) is 6.92 Å². The smallest absolute Gasteiger partial charge is 0.273 e. The standard InChI is InChI=1S/C13H14N4O4/c1-3-14-13-15-7-6-12(16-13)21-11-8-9(17(18)19)4-5-10(11)20-2/h4-8H,3H2,1-2H3,(H,14,15,16). The van der Waals surface area contributed by atoms with Gasteiger partial charge in [-0.25, -0.2) is 4.98 Å². The number of anilines is 1. The first-order valence-corrected chi connectivity index (χ1v) is 6.21. The van der Waals surface area contributed by atoms with Gasteiger partial charge in [0.15, 0.2) is 11.5 Å². The normalized spacial score (nSPS) is 10.0. The summed E-state index contributed by atoms with van der Waals surface area (Å²) in [6.07, 6.45) is 1.53. The van der Waals surface area contributed by atoms with Crippen LogP contribution in [0.5, 0.6) is 17.4 Å². The minimum absolute atomic E-state index is 0.0910. The summed E-state index contributed by atoms with van der Waals surface area (Å²) in [6, 6.07) is 5.66. The Labute approximate surface area is 120 Å². The van der Waals surface area contributed by atoms with Gasteiger partial charge in [-0.05, 0) is 13.0 Å². The summed E-state index contributed by atoms with van der Waals surface area (Å²) in [6.45, 7) is 2.59. The Kier molecular flexibility index (Phi) is 4.50. The number of nitrogens with one attached hydrogen (secondary N) is 1. The zero-order valence-electron chi connectivity index (χ0n) is 11.6. The molecule has 21 heavy (non-hydrogen) atoms. The van der Waals surface area contributed by atoms with Crippen LogP contribution in [-0.4, -0.2) is 28.5 Å². The Balaban J connectivity index is 2.31. The van der Waals surface area contributed by atoms with Crippen LogP contribution in [0.25, 0.3) is 0 Å². The van der Waals surface area contributed by atoms with Gasteiger partial charge in [0.1, 0.15) is 0 Å². The lowest BCUT2D eigenvalue weighted by Gasteiger charge is -2.10. The molecule has 0 saturated carbocycles. The van der Waals surface area contributed by atoms with E-state index in [1.165, 1.54) is 31.5 Å². The van der Waals surface area contributed by atoms with Crippen LogP contribution < -0.4 is 14.8 Å². The Morgan fingerprint density at radius 3 is 2.81 bits per heavy atom. The molecule has 0 atom stereocenters. The molecule has 0 fully saturated rings. The lowest BCUT2D eigenvalue weighted by Crippen LogP contribution is -2.02. The largest absolute Gasteiger partial charge is 0.493 e. The fourth-order valence-corrected chi connectivity index (χ4v) is 1.61. The topological polar surface area (TPSA) is 99.4 Å². The number of nitrogens with zero attached hydrogens (tertiary/aromatic N) is 3. The van der Waals surface area contributed by atoms with E-state index >= 15 is 0 Å². The van der Waals surface area contributed by atoms with Gasteiger partial charge in [0, 0.05) is 24.9 Å². The maximum atomic E-state index is 10.8. The first-order valence-electron chi connectivity index (χ1n) is 6.21. The Bertz CT molecular complexity index is 648. The molecule has 2 aromatic rings. The number of hydrogen-bond donors (Lipinski definition) is 1. The van der Waals surface area contributed by atoms with Crippen molar-refractivity contribution in [3.63, 3.8) is 0 Å². The quantitative estimate of drug-likeness (QED) is 0.644. The average Bonchev–Trinajstić information content (AvgIpc) is 2.48. The molecule has 0 saturated heterocycles. The predicted octanol–water partition coefficient (Wildman–Crippen LogP) is 2.62. The van der Waals surface area contributed by atoms with Crippen LogP contribution in [0.3, 0.4) is 0 Å². The van der Waals surface area contributed by atoms with Crippen molar-refractivity contribution in [1.82, 2.24) is 9.97 Å². The number of methoxy groups -OCH3 is 1. The Morgan fingerprint density at radius 2 is 2.14 bits per heavy atom. The minimum atomic E-state index is -0.504. The molecule has 1 heterocycles. The minimum Gasteiger partial charge on any atom is -0.493 e. The van der Waals surface area contributed by atoms with E-state index in [2.05, 4.69) is 15.3 Å². The molecule has 0 aliphatic rings. The van der Waals surface area contributed by atoms with Crippen molar-refractivity contribution in [2.75, 3.05) is 19.0 Å². The predicted molar refractivity (Wildman–Crippen MR) is 75.9 cm³/mol. The van der Waals surface area contributed by atoms with Gasteiger partial charge in [-0.2, -0.15) is 4.98 Å². The van der Waals surface area contributed by atoms with Gasteiger partial charge in [0.05, 0.1) is 18.1 Å². The molecule has 1 N–H and O–H groups in total. The molecule has 0 spiro atoms. The zero-order valence-corrected chi connectivity index (χ0v) is 11.6. The number of benzene rings is 1. The highest BCUT2D eigenvalue weighted by molar-refractivity contribution is 5.49. The van der Waals surface area contributed by atoms with E-state index in [1.807, 2.05) is 6.92 Å². The number of aromatic nitrogens is 2. The third-order valence-electron chi connectivity index (χ3n) is 2.54. The molecule has 2 rings (SSSR count). The maximum Gasteiger partial charge on any atom is 0.273 e. The molecule has 8 heteroatoms. The highest BCUT2D eigenvalue weighted by Crippen LogP contribution is 2.34. The molecule has 0 aliphatic carbocycles. The lowest BCUT2D eigenvalue weighted by atomic mass is 10.3. The first-order chi connectivity index (χ1) is 10.1. The summed E-state index contributed by atoms with van der Waals surface area (Å²) in [5, 5.41) is 13.8. The summed E-state index contributed by atoms with van der Waals surface area (Å²) < 4.78 is 10.7. The van der Waals surface area contributed by atoms with Gasteiger partial charge in [0.25, 0.3) is 5.69 Å². The van der Waals surface area contributed by atoms with Gasteiger partial charge in [-0.3, -0.25) is 10.1 Å². The zero-order chi connectivity index (χ0) is 15.2. The number of rotatable bonds is 6. The van der Waals surface area contributed by atoms with E-state index in [-0.39, 0.29) is 17.3 Å². The second-order valence-corrected chi connectivity index (χ2v) is 3.94. The molecule has 1 aromatic heterocycles. The van der Waals surface area contributed by atoms with Crippen molar-refractivity contribution >= 4 is 11.6 Å². The molecule has 0 aliphatic heterocycles. The summed E-state index contributed by atoms with van der Waals surface area (Å²) in [5.41, 5.74) is -0.0910. The monoisotopic (exact) mass is 290 g/mol. The molecular weight excluding hydrogens is 276 g/mol. The highest BCUT2D eigenvalue weighted by atomic mass is 16.6. The molecule has 8 nitrogen and oxygen atoms in total. The maximum absolute atomic E-state index is 10.8. The third-order valence-corrected chi connectivity index (χ3v) is 2.54. The van der Waals surface area contributed by atoms with Crippen LogP contribution >= 0.6 is 0 Å². The van der Waals surface area contributed by atoms with E-state index in [0.717, 1.165) is 0 Å². The van der Waals surface area contributed by atoms with Gasteiger partial charge in [-0.15, -0.1) is 0 Å². The van der Waals surface area contributed by atoms with Gasteiger partial charge >= 0.3 is 0 Å². The van der Waals surface area contributed by atoms with E-state index in [4.69, 9.17) is 9.47 Å². The molecular formula is C13H14N4O4. The SMILES string of the molecule is CCNc1nccc(Oc2cc([N+](=O)[O-])ccc2OC)n1. The van der Waals surface area contributed by atoms with Crippen LogP contribution in [0.4, 0.5) is 11.6 Å². The van der Waals surface area contributed by atoms with Crippen LogP contribution in [0.1, 0.15) is 6.92 Å². The summed E-state index contributed by atoms with van der Waals surface area (Å²) in [7, 11) is 1.46. The lowest BCUT2D eigenvalue weighted by molar-refractivity contribution is -0.384. The molecule has 110 valence electrons. The second-order valence-electron chi connectivity index (χ2n) is 3.94. The van der Waals surface area contributed by atoms with Gasteiger partial charge < -0.3 is 14.8 Å². The van der Waals surface area contributed by atoms with E-state index < -0.39 is 4.92 Å². The fourth-order valence-electron chi connectivity index (χ4n) is 1.61. The second kappa shape index (κ2) is 6.51. The Morgan fingerprint density at radius 1 is 1.33 bits per heavy atom. The molecule has 0 radical (unpaired) electrons. The third kappa shape index (κ3) is 3.56. The number of non-ortho nitro benzene ring substituents is 1. The molecule has 1 aromatic carbocycles. The van der Waals surface area contributed by atoms with Crippen LogP contribution in [0, 0.1) is 10.1 Å². The van der Waals surface area contributed by atoms with Gasteiger partial charge in [-0.1, -0.05) is 0 Å². The number of hydrogen-bond acceptors (Lipinski definition) is 7. The summed E-state index contributed by atoms with van der Waals surface area (Å²) in [4.78, 5) is 18.5. The van der Waals surface area contributed by atoms with Crippen LogP contribution in [0.15, 0.2) is 30.5 Å². The number of ether oxygens (including phenoxy) is 2. The Hall–Kier alpha value is -2.90. The van der Waals surface area contributed by atoms with Crippen molar-refractivity contribution in [3.05, 3.63) is 40.6 Å². The van der Waals surface area contributed by atoms with E-state index in [1.54, 1.807) is 6.07 Å². The van der Waals surface area contributed by atoms with Crippen molar-refractivity contribution in [3.8, 4) is 17.4 Å². The summed E-state index contributed by atoms with van der Waals surface area (Å²) >= 11 is 0. The first kappa shape index (κ1) is 14.5. The van der Waals surface area contributed by atoms with E-state index in [0.29, 0.717) is 18.2 Å².